The van der Waals surface area contributed by atoms with Crippen molar-refractivity contribution in [3.63, 3.8) is 0 Å². The second-order valence-electron chi connectivity index (χ2n) is 6.56. The summed E-state index contributed by atoms with van der Waals surface area (Å²) in [5.74, 6) is 1.47. The largest absolute Gasteiger partial charge is 0.457 e. The number of ether oxygens (including phenoxy) is 1. The molecule has 0 aliphatic carbocycles. The van der Waals surface area contributed by atoms with E-state index in [0.717, 1.165) is 16.6 Å². The molecule has 0 aliphatic rings. The van der Waals surface area contributed by atoms with Crippen molar-refractivity contribution in [1.82, 2.24) is 0 Å². The molecule has 0 amide bonds. The second kappa shape index (κ2) is 7.72. The minimum Gasteiger partial charge on any atom is -0.457 e. The molecule has 132 valence electrons. The molecular weight excluding hydrogens is 343 g/mol. The van der Waals surface area contributed by atoms with Crippen LogP contribution >= 0.6 is 7.14 Å². The maximum absolute atomic E-state index is 12.5. The van der Waals surface area contributed by atoms with E-state index >= 15 is 0 Å². The van der Waals surface area contributed by atoms with Gasteiger partial charge in [0.25, 0.3) is 0 Å². The number of rotatable bonds is 6. The molecule has 0 unspecified atom stereocenters. The predicted octanol–water partition coefficient (Wildman–Crippen LogP) is 5.15. The predicted molar refractivity (Wildman–Crippen MR) is 107 cm³/mol. The van der Waals surface area contributed by atoms with E-state index in [1.165, 1.54) is 0 Å². The molecule has 0 saturated heterocycles. The number of carbonyl (C=O) groups excluding carboxylic acids is 1. The van der Waals surface area contributed by atoms with E-state index < -0.39 is 7.14 Å². The van der Waals surface area contributed by atoms with Crippen molar-refractivity contribution in [2.24, 2.45) is 0 Å². The molecule has 0 aromatic heterocycles. The summed E-state index contributed by atoms with van der Waals surface area (Å²) in [5, 5.41) is 0.800. The van der Waals surface area contributed by atoms with E-state index in [1.54, 1.807) is 37.6 Å². The highest BCUT2D eigenvalue weighted by Gasteiger charge is 2.13. The van der Waals surface area contributed by atoms with Gasteiger partial charge < -0.3 is 9.30 Å². The van der Waals surface area contributed by atoms with Gasteiger partial charge in [-0.3, -0.25) is 4.79 Å². The van der Waals surface area contributed by atoms with Crippen LogP contribution in [0.2, 0.25) is 0 Å². The minimum absolute atomic E-state index is 0.0236. The van der Waals surface area contributed by atoms with Gasteiger partial charge in [-0.2, -0.15) is 0 Å². The Morgan fingerprint density at radius 3 is 2.15 bits per heavy atom. The highest BCUT2D eigenvalue weighted by molar-refractivity contribution is 7.70. The molecule has 0 fully saturated rings. The van der Waals surface area contributed by atoms with Gasteiger partial charge in [0.15, 0.2) is 5.78 Å². The smallest absolute Gasteiger partial charge is 0.167 e. The SMILES string of the molecule is CP(C)(=O)c1cccc(CC(=O)c2ccc(Oc3ccccc3)cc2)c1. The number of benzene rings is 3. The van der Waals surface area contributed by atoms with Crippen molar-refractivity contribution in [2.75, 3.05) is 13.3 Å². The van der Waals surface area contributed by atoms with Gasteiger partial charge in [-0.05, 0) is 61.4 Å². The fraction of sp³-hybridized carbons (Fsp3) is 0.136. The summed E-state index contributed by atoms with van der Waals surface area (Å²) < 4.78 is 18.0. The zero-order valence-electron chi connectivity index (χ0n) is 14.9. The summed E-state index contributed by atoms with van der Waals surface area (Å²) in [6, 6.07) is 24.1. The van der Waals surface area contributed by atoms with Crippen LogP contribution in [-0.4, -0.2) is 19.1 Å². The van der Waals surface area contributed by atoms with Crippen LogP contribution in [0.3, 0.4) is 0 Å². The lowest BCUT2D eigenvalue weighted by Gasteiger charge is -2.09. The summed E-state index contributed by atoms with van der Waals surface area (Å²) in [7, 11) is -2.33. The van der Waals surface area contributed by atoms with Gasteiger partial charge in [0.1, 0.15) is 18.6 Å². The van der Waals surface area contributed by atoms with Crippen molar-refractivity contribution in [2.45, 2.75) is 6.42 Å². The van der Waals surface area contributed by atoms with Crippen molar-refractivity contribution < 1.29 is 14.1 Å². The first kappa shape index (κ1) is 18.2. The zero-order chi connectivity index (χ0) is 18.6. The van der Waals surface area contributed by atoms with Crippen LogP contribution in [0.1, 0.15) is 15.9 Å². The molecule has 0 aliphatic heterocycles. The highest BCUT2D eigenvalue weighted by atomic mass is 31.2. The van der Waals surface area contributed by atoms with Gasteiger partial charge in [-0.15, -0.1) is 0 Å². The van der Waals surface area contributed by atoms with Gasteiger partial charge >= 0.3 is 0 Å². The summed E-state index contributed by atoms with van der Waals surface area (Å²) in [4.78, 5) is 12.5. The number of Topliss-reactive ketones (excluding diaryl/α,β-unsaturated/α-hetero) is 1. The van der Waals surface area contributed by atoms with Crippen LogP contribution < -0.4 is 10.0 Å². The van der Waals surface area contributed by atoms with E-state index in [1.807, 2.05) is 54.6 Å². The number of hydrogen-bond acceptors (Lipinski definition) is 3. The lowest BCUT2D eigenvalue weighted by Crippen LogP contribution is -2.08. The molecule has 0 atom stereocenters. The van der Waals surface area contributed by atoms with Gasteiger partial charge in [-0.1, -0.05) is 36.4 Å². The Morgan fingerprint density at radius 2 is 1.50 bits per heavy atom. The van der Waals surface area contributed by atoms with Gasteiger partial charge in [0.05, 0.1) is 0 Å². The van der Waals surface area contributed by atoms with E-state index in [9.17, 15) is 9.36 Å². The Morgan fingerprint density at radius 1 is 0.846 bits per heavy atom. The van der Waals surface area contributed by atoms with Crippen molar-refractivity contribution in [3.05, 3.63) is 90.0 Å². The number of para-hydroxylation sites is 1. The average Bonchev–Trinajstić information content (AvgIpc) is 2.63. The van der Waals surface area contributed by atoms with E-state index in [-0.39, 0.29) is 12.2 Å². The molecule has 0 saturated carbocycles. The molecule has 3 aromatic carbocycles. The first-order valence-electron chi connectivity index (χ1n) is 8.42. The van der Waals surface area contributed by atoms with Gasteiger partial charge in [0, 0.05) is 17.3 Å². The molecule has 3 nitrogen and oxygen atoms in total. The van der Waals surface area contributed by atoms with Crippen LogP contribution in [-0.2, 0) is 11.0 Å². The highest BCUT2D eigenvalue weighted by Crippen LogP contribution is 2.34. The Bertz CT molecular complexity index is 941. The Hall–Kier alpha value is -2.64. The zero-order valence-corrected chi connectivity index (χ0v) is 15.8. The topological polar surface area (TPSA) is 43.4 Å². The van der Waals surface area contributed by atoms with E-state index in [4.69, 9.17) is 4.74 Å². The van der Waals surface area contributed by atoms with Gasteiger partial charge in [-0.25, -0.2) is 0 Å². The van der Waals surface area contributed by atoms with Crippen LogP contribution in [0.5, 0.6) is 11.5 Å². The van der Waals surface area contributed by atoms with Crippen molar-refractivity contribution in [3.8, 4) is 11.5 Å². The normalized spacial score (nSPS) is 11.2. The van der Waals surface area contributed by atoms with Crippen LogP contribution in [0.15, 0.2) is 78.9 Å². The second-order valence-corrected chi connectivity index (χ2v) is 9.78. The Balaban J connectivity index is 1.70. The summed E-state index contributed by atoms with van der Waals surface area (Å²) >= 11 is 0. The number of hydrogen-bond donors (Lipinski definition) is 0. The summed E-state index contributed by atoms with van der Waals surface area (Å²) in [5.41, 5.74) is 1.51. The molecule has 0 spiro atoms. The van der Waals surface area contributed by atoms with Crippen LogP contribution in [0, 0.1) is 0 Å². The molecule has 3 aromatic rings. The monoisotopic (exact) mass is 364 g/mol. The van der Waals surface area contributed by atoms with Crippen molar-refractivity contribution >= 4 is 18.2 Å². The lowest BCUT2D eigenvalue weighted by atomic mass is 10.0. The molecule has 3 rings (SSSR count). The molecule has 4 heteroatoms. The van der Waals surface area contributed by atoms with Crippen molar-refractivity contribution in [1.29, 1.82) is 0 Å². The Kier molecular flexibility index (Phi) is 5.39. The minimum atomic E-state index is -2.33. The molecule has 0 radical (unpaired) electrons. The third-order valence-corrected chi connectivity index (χ3v) is 5.57. The molecule has 0 bridgehead atoms. The maximum atomic E-state index is 12.5. The van der Waals surface area contributed by atoms with Crippen LogP contribution in [0.25, 0.3) is 0 Å². The third kappa shape index (κ3) is 4.71. The Labute approximate surface area is 154 Å². The molecule has 0 N–H and O–H groups in total. The van der Waals surface area contributed by atoms with Gasteiger partial charge in [0.2, 0.25) is 0 Å². The average molecular weight is 364 g/mol. The first-order chi connectivity index (χ1) is 12.4. The fourth-order valence-corrected chi connectivity index (χ4v) is 3.54. The fourth-order valence-electron chi connectivity index (χ4n) is 2.62. The number of ketones is 1. The quantitative estimate of drug-likeness (QED) is 0.449. The first-order valence-corrected chi connectivity index (χ1v) is 11.0. The third-order valence-electron chi connectivity index (χ3n) is 4.05. The standard InChI is InChI=1S/C22H21O3P/c1-26(2,24)21-10-6-7-17(15-21)16-22(23)18-11-13-20(14-12-18)25-19-8-4-3-5-9-19/h3-15H,16H2,1-2H3. The lowest BCUT2D eigenvalue weighted by molar-refractivity contribution is 0.0993. The van der Waals surface area contributed by atoms with E-state index in [0.29, 0.717) is 11.3 Å². The number of carbonyl (C=O) groups is 1. The summed E-state index contributed by atoms with van der Waals surface area (Å²) in [6.45, 7) is 3.47. The summed E-state index contributed by atoms with van der Waals surface area (Å²) in [6.07, 6.45) is 0.284. The van der Waals surface area contributed by atoms with Crippen LogP contribution in [0.4, 0.5) is 0 Å². The molecule has 0 heterocycles. The molecule has 26 heavy (non-hydrogen) atoms. The van der Waals surface area contributed by atoms with E-state index in [2.05, 4.69) is 0 Å². The molecular formula is C22H21O3P. The maximum Gasteiger partial charge on any atom is 0.167 e.